The van der Waals surface area contributed by atoms with Crippen molar-refractivity contribution in [2.24, 2.45) is 7.05 Å². The third-order valence-corrected chi connectivity index (χ3v) is 3.46. The van der Waals surface area contributed by atoms with E-state index in [1.54, 1.807) is 10.9 Å². The van der Waals surface area contributed by atoms with Gasteiger partial charge in [-0.1, -0.05) is 0 Å². The van der Waals surface area contributed by atoms with Crippen molar-refractivity contribution in [1.82, 2.24) is 20.1 Å². The molecule has 2 rings (SSSR count). The van der Waals surface area contributed by atoms with Crippen LogP contribution in [0.4, 0.5) is 16.2 Å². The molecular formula is C15H22N6O. The molecule has 2 aromatic rings. The van der Waals surface area contributed by atoms with E-state index in [9.17, 15) is 4.79 Å². The quantitative estimate of drug-likeness (QED) is 0.906. The van der Waals surface area contributed by atoms with Crippen LogP contribution in [0.25, 0.3) is 0 Å². The number of hydrogen-bond acceptors (Lipinski definition) is 4. The van der Waals surface area contributed by atoms with Gasteiger partial charge in [-0.2, -0.15) is 0 Å². The Morgan fingerprint density at radius 1 is 1.36 bits per heavy atom. The Morgan fingerprint density at radius 2 is 2.09 bits per heavy atom. The van der Waals surface area contributed by atoms with Crippen LogP contribution in [0.2, 0.25) is 0 Å². The Labute approximate surface area is 130 Å². The third kappa shape index (κ3) is 3.55. The predicted octanol–water partition coefficient (Wildman–Crippen LogP) is 2.07. The lowest BCUT2D eigenvalue weighted by atomic mass is 10.1. The maximum Gasteiger partial charge on any atom is 0.319 e. The first-order valence-electron chi connectivity index (χ1n) is 7.08. The highest BCUT2D eigenvalue weighted by Gasteiger charge is 2.14. The van der Waals surface area contributed by atoms with Crippen LogP contribution in [0.5, 0.6) is 0 Å². The van der Waals surface area contributed by atoms with Gasteiger partial charge in [-0.25, -0.2) is 4.79 Å². The number of benzene rings is 1. The minimum absolute atomic E-state index is 0.228. The van der Waals surface area contributed by atoms with Crippen LogP contribution in [0.15, 0.2) is 24.5 Å². The molecule has 0 saturated carbocycles. The van der Waals surface area contributed by atoms with Gasteiger partial charge in [-0.05, 0) is 37.6 Å². The summed E-state index contributed by atoms with van der Waals surface area (Å²) in [5, 5.41) is 13.5. The summed E-state index contributed by atoms with van der Waals surface area (Å²) in [7, 11) is 5.81. The smallest absolute Gasteiger partial charge is 0.319 e. The third-order valence-electron chi connectivity index (χ3n) is 3.46. The Hall–Kier alpha value is -2.57. The molecule has 2 N–H and O–H groups in total. The van der Waals surface area contributed by atoms with Crippen molar-refractivity contribution < 1.29 is 4.79 Å². The van der Waals surface area contributed by atoms with Gasteiger partial charge in [0.15, 0.2) is 5.82 Å². The van der Waals surface area contributed by atoms with E-state index in [1.165, 1.54) is 0 Å². The van der Waals surface area contributed by atoms with Gasteiger partial charge in [0.2, 0.25) is 0 Å². The number of hydrogen-bond donors (Lipinski definition) is 2. The fraction of sp³-hybridized carbons (Fsp3) is 0.400. The molecule has 0 aliphatic carbocycles. The number of nitrogens with one attached hydrogen (secondary N) is 2. The summed E-state index contributed by atoms with van der Waals surface area (Å²) in [6.45, 7) is 3.83. The molecule has 2 amide bonds. The topological polar surface area (TPSA) is 75.1 Å². The Balaban J connectivity index is 2.02. The van der Waals surface area contributed by atoms with E-state index < -0.39 is 0 Å². The van der Waals surface area contributed by atoms with Gasteiger partial charge in [-0.15, -0.1) is 10.2 Å². The van der Waals surface area contributed by atoms with Gasteiger partial charge in [-0.3, -0.25) is 0 Å². The van der Waals surface area contributed by atoms with E-state index in [4.69, 9.17) is 0 Å². The summed E-state index contributed by atoms with van der Waals surface area (Å²) < 4.78 is 1.78. The minimum atomic E-state index is -0.267. The van der Waals surface area contributed by atoms with Crippen molar-refractivity contribution in [3.63, 3.8) is 0 Å². The lowest BCUT2D eigenvalue weighted by Gasteiger charge is -2.17. The van der Waals surface area contributed by atoms with Crippen LogP contribution >= 0.6 is 0 Å². The fourth-order valence-electron chi connectivity index (χ4n) is 2.17. The molecule has 1 atom stereocenters. The standard InChI is InChI=1S/C15H22N6O/c1-10-8-12(20(3)4)6-7-13(10)18-15(22)17-11(2)14-19-16-9-21(14)5/h6-9,11H,1-5H3,(H2,17,18,22)/t11-/m0/s1. The van der Waals surface area contributed by atoms with Crippen LogP contribution in [0.3, 0.4) is 0 Å². The number of urea groups is 1. The van der Waals surface area contributed by atoms with Gasteiger partial charge in [0.1, 0.15) is 6.33 Å². The molecule has 0 aliphatic heterocycles. The molecule has 22 heavy (non-hydrogen) atoms. The number of anilines is 2. The number of aryl methyl sites for hydroxylation is 2. The molecule has 0 radical (unpaired) electrons. The molecule has 0 spiro atoms. The summed E-state index contributed by atoms with van der Waals surface area (Å²) in [5.74, 6) is 0.704. The van der Waals surface area contributed by atoms with Crippen LogP contribution in [-0.4, -0.2) is 34.9 Å². The number of amides is 2. The molecule has 1 aromatic carbocycles. The summed E-state index contributed by atoms with van der Waals surface area (Å²) in [6.07, 6.45) is 1.61. The molecule has 1 aromatic heterocycles. The second kappa shape index (κ2) is 6.46. The molecule has 0 aliphatic rings. The van der Waals surface area contributed by atoms with Crippen molar-refractivity contribution >= 4 is 17.4 Å². The number of carbonyl (C=O) groups is 1. The molecule has 0 saturated heterocycles. The van der Waals surface area contributed by atoms with Gasteiger partial charge in [0.25, 0.3) is 0 Å². The number of rotatable bonds is 4. The zero-order valence-electron chi connectivity index (χ0n) is 13.6. The van der Waals surface area contributed by atoms with Crippen molar-refractivity contribution in [1.29, 1.82) is 0 Å². The van der Waals surface area contributed by atoms with E-state index in [0.29, 0.717) is 5.82 Å². The first-order valence-corrected chi connectivity index (χ1v) is 7.08. The van der Waals surface area contributed by atoms with E-state index in [-0.39, 0.29) is 12.1 Å². The van der Waals surface area contributed by atoms with Gasteiger partial charge in [0, 0.05) is 32.5 Å². The summed E-state index contributed by atoms with van der Waals surface area (Å²) >= 11 is 0. The summed E-state index contributed by atoms with van der Waals surface area (Å²) in [6, 6.07) is 5.40. The highest BCUT2D eigenvalue weighted by molar-refractivity contribution is 5.90. The average Bonchev–Trinajstić information content (AvgIpc) is 2.87. The zero-order valence-corrected chi connectivity index (χ0v) is 13.6. The number of aromatic nitrogens is 3. The van der Waals surface area contributed by atoms with Crippen LogP contribution < -0.4 is 15.5 Å². The SMILES string of the molecule is Cc1cc(N(C)C)ccc1NC(=O)N[C@@H](C)c1nncn1C. The molecule has 1 heterocycles. The Morgan fingerprint density at radius 3 is 2.64 bits per heavy atom. The maximum absolute atomic E-state index is 12.1. The van der Waals surface area contributed by atoms with E-state index >= 15 is 0 Å². The molecule has 0 bridgehead atoms. The van der Waals surface area contributed by atoms with Crippen molar-refractivity contribution in [3.05, 3.63) is 35.9 Å². The molecule has 0 unspecified atom stereocenters. The van der Waals surface area contributed by atoms with Crippen molar-refractivity contribution in [2.45, 2.75) is 19.9 Å². The predicted molar refractivity (Wildman–Crippen MR) is 87.1 cm³/mol. The maximum atomic E-state index is 12.1. The van der Waals surface area contributed by atoms with E-state index in [0.717, 1.165) is 16.9 Å². The van der Waals surface area contributed by atoms with Gasteiger partial charge < -0.3 is 20.1 Å². The van der Waals surface area contributed by atoms with E-state index in [1.807, 2.05) is 58.1 Å². The second-order valence-electron chi connectivity index (χ2n) is 5.51. The molecule has 0 fully saturated rings. The number of carbonyl (C=O) groups excluding carboxylic acids is 1. The fourth-order valence-corrected chi connectivity index (χ4v) is 2.17. The van der Waals surface area contributed by atoms with Crippen molar-refractivity contribution in [2.75, 3.05) is 24.3 Å². The summed E-state index contributed by atoms with van der Waals surface area (Å²) in [4.78, 5) is 14.1. The van der Waals surface area contributed by atoms with Crippen LogP contribution in [-0.2, 0) is 7.05 Å². The zero-order chi connectivity index (χ0) is 16.3. The molecular weight excluding hydrogens is 280 g/mol. The Kier molecular flexibility index (Phi) is 4.65. The molecule has 7 nitrogen and oxygen atoms in total. The summed E-state index contributed by atoms with van der Waals surface area (Å²) in [5.41, 5.74) is 2.89. The highest BCUT2D eigenvalue weighted by Crippen LogP contribution is 2.21. The average molecular weight is 302 g/mol. The molecule has 118 valence electrons. The van der Waals surface area contributed by atoms with Gasteiger partial charge in [0.05, 0.1) is 6.04 Å². The van der Waals surface area contributed by atoms with Gasteiger partial charge >= 0.3 is 6.03 Å². The first kappa shape index (κ1) is 15.8. The minimum Gasteiger partial charge on any atom is -0.378 e. The van der Waals surface area contributed by atoms with Crippen LogP contribution in [0.1, 0.15) is 24.4 Å². The normalized spacial score (nSPS) is 11.9. The monoisotopic (exact) mass is 302 g/mol. The largest absolute Gasteiger partial charge is 0.378 e. The highest BCUT2D eigenvalue weighted by atomic mass is 16.2. The van der Waals surface area contributed by atoms with E-state index in [2.05, 4.69) is 20.8 Å². The van der Waals surface area contributed by atoms with Crippen molar-refractivity contribution in [3.8, 4) is 0 Å². The Bertz CT molecular complexity index is 664. The second-order valence-corrected chi connectivity index (χ2v) is 5.51. The lowest BCUT2D eigenvalue weighted by molar-refractivity contribution is 0.248. The number of nitrogens with zero attached hydrogens (tertiary/aromatic N) is 4. The first-order chi connectivity index (χ1) is 10.4. The molecule has 7 heteroatoms. The lowest BCUT2D eigenvalue weighted by Crippen LogP contribution is -2.32. The van der Waals surface area contributed by atoms with Crippen LogP contribution in [0, 0.1) is 6.92 Å².